The van der Waals surface area contributed by atoms with Gasteiger partial charge in [0.15, 0.2) is 0 Å². The van der Waals surface area contributed by atoms with Gasteiger partial charge in [-0.25, -0.2) is 14.8 Å². The second-order valence-corrected chi connectivity index (χ2v) is 4.10. The first-order valence-electron chi connectivity index (χ1n) is 5.76. The predicted octanol–water partition coefficient (Wildman–Crippen LogP) is 1.16. The van der Waals surface area contributed by atoms with Crippen molar-refractivity contribution in [1.82, 2.24) is 18.9 Å². The Bertz CT molecular complexity index is 761. The highest BCUT2D eigenvalue weighted by atomic mass is 16.5. The summed E-state index contributed by atoms with van der Waals surface area (Å²) in [6.07, 6.45) is 8.39. The summed E-state index contributed by atoms with van der Waals surface area (Å²) in [5.41, 5.74) is 2.51. The molecule has 0 N–H and O–H groups in total. The maximum atomic E-state index is 12.2. The van der Waals surface area contributed by atoms with E-state index in [0.29, 0.717) is 0 Å². The average Bonchev–Trinajstić information content (AvgIpc) is 2.88. The Morgan fingerprint density at radius 1 is 1.21 bits per heavy atom. The average molecular weight is 256 g/mol. The lowest BCUT2D eigenvalue weighted by Crippen LogP contribution is -2.25. The minimum Gasteiger partial charge on any atom is -0.364 e. The smallest absolute Gasteiger partial charge is 0.334 e. The number of methoxy groups -OCH3 is 1. The molecule has 0 bridgehead atoms. The van der Waals surface area contributed by atoms with Gasteiger partial charge in [0.25, 0.3) is 0 Å². The highest BCUT2D eigenvalue weighted by Gasteiger charge is 2.08. The van der Waals surface area contributed by atoms with Gasteiger partial charge in [-0.1, -0.05) is 0 Å². The van der Waals surface area contributed by atoms with Crippen molar-refractivity contribution in [3.8, 4) is 11.1 Å². The molecule has 0 spiro atoms. The van der Waals surface area contributed by atoms with E-state index in [2.05, 4.69) is 9.97 Å². The van der Waals surface area contributed by atoms with E-state index >= 15 is 0 Å². The summed E-state index contributed by atoms with van der Waals surface area (Å²) < 4.78 is 8.06. The summed E-state index contributed by atoms with van der Waals surface area (Å²) in [5, 5.41) is 0. The maximum Gasteiger partial charge on any atom is 0.334 e. The highest BCUT2D eigenvalue weighted by Crippen LogP contribution is 2.22. The van der Waals surface area contributed by atoms with Gasteiger partial charge < -0.3 is 4.74 Å². The molecule has 0 amide bonds. The SMILES string of the molecule is COCn1ccc2c(-c3cncnc3)ccn2c1=O. The molecule has 0 saturated carbocycles. The lowest BCUT2D eigenvalue weighted by atomic mass is 10.1. The van der Waals surface area contributed by atoms with E-state index in [1.54, 1.807) is 36.3 Å². The molecule has 0 atom stereocenters. The molecule has 3 heterocycles. The van der Waals surface area contributed by atoms with Crippen LogP contribution in [-0.2, 0) is 11.5 Å². The van der Waals surface area contributed by atoms with Crippen LogP contribution in [0.2, 0.25) is 0 Å². The van der Waals surface area contributed by atoms with Crippen LogP contribution >= 0.6 is 0 Å². The summed E-state index contributed by atoms with van der Waals surface area (Å²) in [4.78, 5) is 20.2. The first-order chi connectivity index (χ1) is 9.31. The van der Waals surface area contributed by atoms with Gasteiger partial charge in [-0.2, -0.15) is 0 Å². The summed E-state index contributed by atoms with van der Waals surface area (Å²) in [5.74, 6) is 0. The standard InChI is InChI=1S/C13H12N4O2/c1-19-9-16-4-3-12-11(2-5-17(12)13(16)18)10-6-14-8-15-7-10/h2-8H,9H2,1H3. The van der Waals surface area contributed by atoms with Crippen molar-refractivity contribution in [2.75, 3.05) is 7.11 Å². The van der Waals surface area contributed by atoms with E-state index in [4.69, 9.17) is 4.74 Å². The molecule has 3 aromatic heterocycles. The van der Waals surface area contributed by atoms with E-state index < -0.39 is 0 Å². The Morgan fingerprint density at radius 3 is 2.74 bits per heavy atom. The van der Waals surface area contributed by atoms with Crippen LogP contribution in [0.1, 0.15) is 0 Å². The quantitative estimate of drug-likeness (QED) is 0.705. The molecule has 3 aromatic rings. The predicted molar refractivity (Wildman–Crippen MR) is 69.7 cm³/mol. The van der Waals surface area contributed by atoms with Crippen LogP contribution in [0.5, 0.6) is 0 Å². The highest BCUT2D eigenvalue weighted by molar-refractivity contribution is 5.79. The number of fused-ring (bicyclic) bond motifs is 1. The van der Waals surface area contributed by atoms with Crippen LogP contribution in [0.15, 0.2) is 48.0 Å². The molecule has 0 radical (unpaired) electrons. The van der Waals surface area contributed by atoms with Crippen LogP contribution < -0.4 is 5.69 Å². The van der Waals surface area contributed by atoms with Gasteiger partial charge >= 0.3 is 5.69 Å². The van der Waals surface area contributed by atoms with Crippen LogP contribution in [0, 0.1) is 0 Å². The number of hydrogen-bond donors (Lipinski definition) is 0. The summed E-state index contributed by atoms with van der Waals surface area (Å²) in [6, 6.07) is 3.76. The van der Waals surface area contributed by atoms with Crippen molar-refractivity contribution >= 4 is 5.52 Å². The molecule has 0 aliphatic heterocycles. The van der Waals surface area contributed by atoms with Crippen molar-refractivity contribution in [2.24, 2.45) is 0 Å². The second-order valence-electron chi connectivity index (χ2n) is 4.10. The summed E-state index contributed by atoms with van der Waals surface area (Å²) >= 11 is 0. The molecule has 0 aliphatic carbocycles. The van der Waals surface area contributed by atoms with Gasteiger partial charge in [-0.05, 0) is 12.1 Å². The number of ether oxygens (including phenoxy) is 1. The molecule has 6 heteroatoms. The van der Waals surface area contributed by atoms with Gasteiger partial charge in [0.1, 0.15) is 13.1 Å². The van der Waals surface area contributed by atoms with E-state index in [1.165, 1.54) is 10.9 Å². The minimum absolute atomic E-state index is 0.137. The molecule has 0 aromatic carbocycles. The first-order valence-corrected chi connectivity index (χ1v) is 5.76. The maximum absolute atomic E-state index is 12.2. The Kier molecular flexibility index (Phi) is 2.85. The van der Waals surface area contributed by atoms with Gasteiger partial charge in [0, 0.05) is 43.0 Å². The number of nitrogens with zero attached hydrogens (tertiary/aromatic N) is 4. The Balaban J connectivity index is 2.21. The van der Waals surface area contributed by atoms with Crippen molar-refractivity contribution in [3.63, 3.8) is 0 Å². The van der Waals surface area contributed by atoms with Gasteiger partial charge in [-0.3, -0.25) is 8.97 Å². The Morgan fingerprint density at radius 2 is 2.00 bits per heavy atom. The molecule has 96 valence electrons. The first kappa shape index (κ1) is 11.6. The van der Waals surface area contributed by atoms with E-state index in [1.807, 2.05) is 12.1 Å². The Labute approximate surface area is 108 Å². The molecular formula is C13H12N4O2. The van der Waals surface area contributed by atoms with E-state index in [9.17, 15) is 4.79 Å². The van der Waals surface area contributed by atoms with E-state index in [0.717, 1.165) is 16.6 Å². The van der Waals surface area contributed by atoms with Crippen LogP contribution in [-0.4, -0.2) is 26.0 Å². The third-order valence-corrected chi connectivity index (χ3v) is 2.93. The molecule has 3 rings (SSSR count). The topological polar surface area (TPSA) is 61.4 Å². The number of hydrogen-bond acceptors (Lipinski definition) is 4. The van der Waals surface area contributed by atoms with Crippen molar-refractivity contribution < 1.29 is 4.74 Å². The molecule has 0 saturated heterocycles. The molecule has 6 nitrogen and oxygen atoms in total. The zero-order valence-electron chi connectivity index (χ0n) is 10.4. The van der Waals surface area contributed by atoms with Crippen molar-refractivity contribution in [2.45, 2.75) is 6.73 Å². The third kappa shape index (κ3) is 1.92. The molecule has 19 heavy (non-hydrogen) atoms. The molecule has 0 unspecified atom stereocenters. The summed E-state index contributed by atoms with van der Waals surface area (Å²) in [7, 11) is 1.55. The zero-order valence-corrected chi connectivity index (χ0v) is 10.4. The lowest BCUT2D eigenvalue weighted by Gasteiger charge is -2.05. The van der Waals surface area contributed by atoms with E-state index in [-0.39, 0.29) is 12.4 Å². The van der Waals surface area contributed by atoms with Crippen molar-refractivity contribution in [1.29, 1.82) is 0 Å². The van der Waals surface area contributed by atoms with Crippen molar-refractivity contribution in [3.05, 3.63) is 53.7 Å². The largest absolute Gasteiger partial charge is 0.364 e. The lowest BCUT2D eigenvalue weighted by molar-refractivity contribution is 0.126. The Hall–Kier alpha value is -2.47. The van der Waals surface area contributed by atoms with Crippen LogP contribution in [0.25, 0.3) is 16.6 Å². The molecular weight excluding hydrogens is 244 g/mol. The number of rotatable bonds is 3. The second kappa shape index (κ2) is 4.66. The van der Waals surface area contributed by atoms with Gasteiger partial charge in [0.05, 0.1) is 5.52 Å². The minimum atomic E-state index is -0.137. The molecule has 0 aliphatic rings. The normalized spacial score (nSPS) is 11.0. The van der Waals surface area contributed by atoms with Gasteiger partial charge in [0.2, 0.25) is 0 Å². The van der Waals surface area contributed by atoms with Crippen LogP contribution in [0.3, 0.4) is 0 Å². The van der Waals surface area contributed by atoms with Gasteiger partial charge in [-0.15, -0.1) is 0 Å². The number of aromatic nitrogens is 4. The van der Waals surface area contributed by atoms with Crippen LogP contribution in [0.4, 0.5) is 0 Å². The fourth-order valence-electron chi connectivity index (χ4n) is 2.06. The molecule has 0 fully saturated rings. The monoisotopic (exact) mass is 256 g/mol. The fourth-order valence-corrected chi connectivity index (χ4v) is 2.06. The fraction of sp³-hybridized carbons (Fsp3) is 0.154. The summed E-state index contributed by atoms with van der Waals surface area (Å²) in [6.45, 7) is 0.233. The third-order valence-electron chi connectivity index (χ3n) is 2.93. The zero-order chi connectivity index (χ0) is 13.2.